The minimum absolute atomic E-state index is 0.138. The van der Waals surface area contributed by atoms with Crippen molar-refractivity contribution in [2.75, 3.05) is 0 Å². The van der Waals surface area contributed by atoms with Crippen molar-refractivity contribution in [2.24, 2.45) is 11.8 Å². The van der Waals surface area contributed by atoms with Gasteiger partial charge in [-0.2, -0.15) is 0 Å². The van der Waals surface area contributed by atoms with Crippen molar-refractivity contribution in [3.8, 4) is 0 Å². The Morgan fingerprint density at radius 3 is 2.21 bits per heavy atom. The first-order valence-corrected chi connectivity index (χ1v) is 5.15. The number of nitrogens with one attached hydrogen (secondary N) is 2. The highest BCUT2D eigenvalue weighted by Gasteiger charge is 2.49. The lowest BCUT2D eigenvalue weighted by Crippen LogP contribution is -2.51. The van der Waals surface area contributed by atoms with Crippen molar-refractivity contribution in [3.63, 3.8) is 0 Å². The highest BCUT2D eigenvalue weighted by molar-refractivity contribution is 6.07. The Balaban J connectivity index is 2.22. The molecule has 1 spiro atoms. The largest absolute Gasteiger partial charge is 0.323 e. The zero-order valence-corrected chi connectivity index (χ0v) is 8.59. The number of amides is 3. The normalized spacial score (nSPS) is 42.4. The van der Waals surface area contributed by atoms with Crippen LogP contribution in [0.5, 0.6) is 0 Å². The van der Waals surface area contributed by atoms with Crippen molar-refractivity contribution in [1.82, 2.24) is 10.6 Å². The molecule has 0 bridgehead atoms. The molecule has 0 unspecified atom stereocenters. The Hall–Kier alpha value is -1.06. The van der Waals surface area contributed by atoms with E-state index in [0.29, 0.717) is 11.8 Å². The molecule has 2 rings (SSSR count). The fourth-order valence-electron chi connectivity index (χ4n) is 2.94. The number of carbonyl (C=O) groups excluding carboxylic acids is 2. The van der Waals surface area contributed by atoms with Gasteiger partial charge in [0, 0.05) is 0 Å². The third kappa shape index (κ3) is 1.38. The Labute approximate surface area is 83.4 Å². The van der Waals surface area contributed by atoms with Crippen LogP contribution in [0.3, 0.4) is 0 Å². The van der Waals surface area contributed by atoms with E-state index < -0.39 is 5.54 Å². The Kier molecular flexibility index (Phi) is 2.01. The van der Waals surface area contributed by atoms with E-state index in [-0.39, 0.29) is 11.9 Å². The molecule has 78 valence electrons. The van der Waals surface area contributed by atoms with Gasteiger partial charge in [0.05, 0.1) is 0 Å². The summed E-state index contributed by atoms with van der Waals surface area (Å²) in [5, 5.41) is 5.11. The molecule has 4 heteroatoms. The summed E-state index contributed by atoms with van der Waals surface area (Å²) < 4.78 is 0. The Morgan fingerprint density at radius 1 is 1.21 bits per heavy atom. The smallest absolute Gasteiger partial charge is 0.322 e. The van der Waals surface area contributed by atoms with Crippen LogP contribution in [-0.4, -0.2) is 17.5 Å². The van der Waals surface area contributed by atoms with Gasteiger partial charge in [-0.15, -0.1) is 0 Å². The highest BCUT2D eigenvalue weighted by Crippen LogP contribution is 2.37. The summed E-state index contributed by atoms with van der Waals surface area (Å²) in [5.74, 6) is 0.867. The number of hydrogen-bond acceptors (Lipinski definition) is 2. The van der Waals surface area contributed by atoms with Crippen molar-refractivity contribution >= 4 is 11.9 Å². The number of hydrogen-bond donors (Lipinski definition) is 2. The zero-order valence-electron chi connectivity index (χ0n) is 8.59. The van der Waals surface area contributed by atoms with Gasteiger partial charge in [0.1, 0.15) is 5.54 Å². The average Bonchev–Trinajstić information content (AvgIpc) is 2.23. The van der Waals surface area contributed by atoms with Crippen molar-refractivity contribution in [3.05, 3.63) is 0 Å². The molecule has 14 heavy (non-hydrogen) atoms. The second-order valence-electron chi connectivity index (χ2n) is 4.84. The number of carbonyl (C=O) groups is 2. The van der Waals surface area contributed by atoms with Crippen LogP contribution in [-0.2, 0) is 4.79 Å². The van der Waals surface area contributed by atoms with E-state index in [9.17, 15) is 9.59 Å². The predicted octanol–water partition coefficient (Wildman–Crippen LogP) is 1.02. The van der Waals surface area contributed by atoms with Gasteiger partial charge >= 0.3 is 6.03 Å². The molecule has 2 fully saturated rings. The summed E-state index contributed by atoms with van der Waals surface area (Å²) in [6, 6.07) is -0.337. The van der Waals surface area contributed by atoms with Crippen LogP contribution in [0.4, 0.5) is 4.79 Å². The van der Waals surface area contributed by atoms with E-state index in [4.69, 9.17) is 0 Å². The molecule has 2 atom stereocenters. The lowest BCUT2D eigenvalue weighted by Gasteiger charge is -2.37. The molecule has 1 saturated carbocycles. The first-order valence-electron chi connectivity index (χ1n) is 5.15. The zero-order chi connectivity index (χ0) is 10.3. The van der Waals surface area contributed by atoms with Gasteiger partial charge in [0.2, 0.25) is 0 Å². The highest BCUT2D eigenvalue weighted by atomic mass is 16.2. The van der Waals surface area contributed by atoms with Crippen molar-refractivity contribution in [1.29, 1.82) is 0 Å². The van der Waals surface area contributed by atoms with Gasteiger partial charge in [-0.05, 0) is 31.1 Å². The summed E-state index contributed by atoms with van der Waals surface area (Å²) >= 11 is 0. The van der Waals surface area contributed by atoms with E-state index in [1.807, 2.05) is 0 Å². The van der Waals surface area contributed by atoms with Crippen LogP contribution < -0.4 is 10.6 Å². The quantitative estimate of drug-likeness (QED) is 0.568. The molecular weight excluding hydrogens is 180 g/mol. The van der Waals surface area contributed by atoms with Gasteiger partial charge < -0.3 is 5.32 Å². The maximum Gasteiger partial charge on any atom is 0.322 e. The van der Waals surface area contributed by atoms with E-state index >= 15 is 0 Å². The fraction of sp³-hybridized carbons (Fsp3) is 0.800. The second kappa shape index (κ2) is 2.97. The first-order chi connectivity index (χ1) is 6.52. The second-order valence-corrected chi connectivity index (χ2v) is 4.84. The van der Waals surface area contributed by atoms with Gasteiger partial charge in [-0.1, -0.05) is 13.8 Å². The molecule has 1 aliphatic heterocycles. The SMILES string of the molecule is C[C@@H]1C[C@@H](C)CC2(C1)NC(=O)NC2=O. The lowest BCUT2D eigenvalue weighted by molar-refractivity contribution is -0.126. The van der Waals surface area contributed by atoms with Crippen LogP contribution >= 0.6 is 0 Å². The van der Waals surface area contributed by atoms with Crippen molar-refractivity contribution in [2.45, 2.75) is 38.6 Å². The van der Waals surface area contributed by atoms with Crippen LogP contribution in [0, 0.1) is 11.8 Å². The third-order valence-corrected chi connectivity index (χ3v) is 3.21. The Morgan fingerprint density at radius 2 is 1.79 bits per heavy atom. The molecule has 0 radical (unpaired) electrons. The minimum Gasteiger partial charge on any atom is -0.323 e. The monoisotopic (exact) mass is 196 g/mol. The summed E-state index contributed by atoms with van der Waals surface area (Å²) in [7, 11) is 0. The maximum atomic E-state index is 11.7. The molecule has 4 nitrogen and oxygen atoms in total. The standard InChI is InChI=1S/C10H16N2O2/c1-6-3-7(2)5-10(4-6)8(13)11-9(14)12-10/h6-7H,3-5H2,1-2H3,(H2,11,12,13,14)/t6-,7-/m1/s1. The molecule has 0 aromatic rings. The average molecular weight is 196 g/mol. The lowest BCUT2D eigenvalue weighted by atomic mass is 9.72. The molecule has 1 aliphatic carbocycles. The molecule has 0 aromatic carbocycles. The molecule has 2 aliphatic rings. The van der Waals surface area contributed by atoms with Crippen LogP contribution in [0.1, 0.15) is 33.1 Å². The molecular formula is C10H16N2O2. The number of urea groups is 1. The molecule has 1 saturated heterocycles. The number of imide groups is 1. The van der Waals surface area contributed by atoms with Crippen LogP contribution in [0.25, 0.3) is 0 Å². The van der Waals surface area contributed by atoms with Gasteiger partial charge in [0.25, 0.3) is 5.91 Å². The number of rotatable bonds is 0. The molecule has 3 amide bonds. The molecule has 0 aromatic heterocycles. The van der Waals surface area contributed by atoms with Crippen molar-refractivity contribution < 1.29 is 9.59 Å². The Bertz CT molecular complexity index is 278. The predicted molar refractivity (Wildman–Crippen MR) is 51.6 cm³/mol. The minimum atomic E-state index is -0.603. The fourth-order valence-corrected chi connectivity index (χ4v) is 2.94. The first kappa shape index (κ1) is 9.49. The van der Waals surface area contributed by atoms with Gasteiger partial charge in [-0.3, -0.25) is 10.1 Å². The van der Waals surface area contributed by atoms with Gasteiger partial charge in [0.15, 0.2) is 0 Å². The van der Waals surface area contributed by atoms with E-state index in [2.05, 4.69) is 24.5 Å². The third-order valence-electron chi connectivity index (χ3n) is 3.21. The molecule has 2 N–H and O–H groups in total. The summed E-state index contributed by atoms with van der Waals surface area (Å²) in [4.78, 5) is 22.8. The van der Waals surface area contributed by atoms with E-state index in [1.54, 1.807) is 0 Å². The van der Waals surface area contributed by atoms with E-state index in [1.165, 1.54) is 0 Å². The summed E-state index contributed by atoms with van der Waals surface area (Å²) in [6.45, 7) is 4.27. The maximum absolute atomic E-state index is 11.7. The van der Waals surface area contributed by atoms with Crippen LogP contribution in [0.15, 0.2) is 0 Å². The van der Waals surface area contributed by atoms with Crippen LogP contribution in [0.2, 0.25) is 0 Å². The summed E-state index contributed by atoms with van der Waals surface area (Å²) in [6.07, 6.45) is 2.69. The topological polar surface area (TPSA) is 58.2 Å². The van der Waals surface area contributed by atoms with Gasteiger partial charge in [-0.25, -0.2) is 4.79 Å². The molecule has 1 heterocycles. The summed E-state index contributed by atoms with van der Waals surface area (Å²) in [5.41, 5.74) is -0.603. The van der Waals surface area contributed by atoms with E-state index in [0.717, 1.165) is 19.3 Å².